The Labute approximate surface area is 190 Å². The molecule has 1 saturated heterocycles. The number of imidazole rings is 1. The van der Waals surface area contributed by atoms with E-state index in [1.54, 1.807) is 42.8 Å². The first-order chi connectivity index (χ1) is 15.9. The molecule has 172 valence electrons. The lowest BCUT2D eigenvalue weighted by Crippen LogP contribution is -2.44. The van der Waals surface area contributed by atoms with Crippen molar-refractivity contribution in [3.63, 3.8) is 0 Å². The molecule has 0 aliphatic carbocycles. The number of benzene rings is 1. The molecule has 0 spiro atoms. The number of amides is 1. The van der Waals surface area contributed by atoms with Crippen molar-refractivity contribution in [2.24, 2.45) is 12.8 Å². The second-order valence-electron chi connectivity index (χ2n) is 8.09. The number of nitrogens with zero attached hydrogens (tertiary/aromatic N) is 5. The number of nitrogens with two attached hydrogens (primary N) is 1. The fourth-order valence-electron chi connectivity index (χ4n) is 4.11. The Morgan fingerprint density at radius 2 is 2.00 bits per heavy atom. The Bertz CT molecular complexity index is 1360. The fraction of sp³-hybridized carbons (Fsp3) is 0.391. The van der Waals surface area contributed by atoms with Crippen LogP contribution in [-0.2, 0) is 24.9 Å². The number of anilines is 2. The molecule has 1 amide bonds. The van der Waals surface area contributed by atoms with Crippen molar-refractivity contribution in [3.8, 4) is 11.8 Å². The van der Waals surface area contributed by atoms with Gasteiger partial charge in [-0.2, -0.15) is 4.98 Å². The number of para-hydroxylation sites is 1. The quantitative estimate of drug-likeness (QED) is 0.547. The van der Waals surface area contributed by atoms with E-state index in [2.05, 4.69) is 22.1 Å². The van der Waals surface area contributed by atoms with Crippen molar-refractivity contribution in [2.75, 3.05) is 23.3 Å². The molecule has 1 fully saturated rings. The van der Waals surface area contributed by atoms with Crippen LogP contribution in [-0.4, -0.2) is 43.7 Å². The number of carbonyl (C=O) groups excluding carboxylic acids is 1. The molecule has 10 nitrogen and oxygen atoms in total. The minimum atomic E-state index is -0.608. The molecule has 1 aliphatic heterocycles. The van der Waals surface area contributed by atoms with Crippen molar-refractivity contribution in [3.05, 3.63) is 51.2 Å². The van der Waals surface area contributed by atoms with Gasteiger partial charge in [0.05, 0.1) is 6.54 Å². The largest absolute Gasteiger partial charge is 0.341 e. The van der Waals surface area contributed by atoms with Gasteiger partial charge < -0.3 is 16.0 Å². The lowest BCUT2D eigenvalue weighted by molar-refractivity contribution is -0.116. The summed E-state index contributed by atoms with van der Waals surface area (Å²) >= 11 is 0. The summed E-state index contributed by atoms with van der Waals surface area (Å²) in [5, 5.41) is 2.71. The van der Waals surface area contributed by atoms with E-state index in [1.807, 2.05) is 11.0 Å². The van der Waals surface area contributed by atoms with Gasteiger partial charge in [0.1, 0.15) is 6.54 Å². The zero-order chi connectivity index (χ0) is 23.5. The summed E-state index contributed by atoms with van der Waals surface area (Å²) in [4.78, 5) is 45.7. The second-order valence-corrected chi connectivity index (χ2v) is 8.09. The molecule has 10 heteroatoms. The zero-order valence-corrected chi connectivity index (χ0v) is 18.7. The van der Waals surface area contributed by atoms with Gasteiger partial charge >= 0.3 is 5.69 Å². The molecule has 1 aromatic carbocycles. The molecule has 2 aromatic heterocycles. The van der Waals surface area contributed by atoms with Gasteiger partial charge in [0, 0.05) is 31.9 Å². The molecule has 3 heterocycles. The molecule has 1 aliphatic rings. The van der Waals surface area contributed by atoms with E-state index in [9.17, 15) is 14.4 Å². The third-order valence-corrected chi connectivity index (χ3v) is 5.73. The van der Waals surface area contributed by atoms with E-state index in [1.165, 1.54) is 4.57 Å². The molecule has 3 aromatic rings. The van der Waals surface area contributed by atoms with Crippen LogP contribution in [0.15, 0.2) is 39.9 Å². The van der Waals surface area contributed by atoms with Crippen LogP contribution >= 0.6 is 0 Å². The minimum Gasteiger partial charge on any atom is -0.341 e. The Hall–Kier alpha value is -3.84. The van der Waals surface area contributed by atoms with E-state index in [0.717, 1.165) is 24.0 Å². The normalized spacial score (nSPS) is 15.8. The van der Waals surface area contributed by atoms with Crippen LogP contribution in [0.5, 0.6) is 0 Å². The van der Waals surface area contributed by atoms with E-state index in [-0.39, 0.29) is 23.8 Å². The van der Waals surface area contributed by atoms with E-state index in [4.69, 9.17) is 5.73 Å². The lowest BCUT2D eigenvalue weighted by atomic mass is 10.1. The zero-order valence-electron chi connectivity index (χ0n) is 18.7. The predicted molar refractivity (Wildman–Crippen MR) is 127 cm³/mol. The lowest BCUT2D eigenvalue weighted by Gasteiger charge is -2.31. The van der Waals surface area contributed by atoms with E-state index < -0.39 is 23.7 Å². The highest BCUT2D eigenvalue weighted by Gasteiger charge is 2.26. The maximum atomic E-state index is 13.5. The van der Waals surface area contributed by atoms with Crippen LogP contribution in [0.4, 0.5) is 11.6 Å². The van der Waals surface area contributed by atoms with Crippen LogP contribution in [0, 0.1) is 11.8 Å². The van der Waals surface area contributed by atoms with Crippen LogP contribution in [0.1, 0.15) is 19.8 Å². The number of aromatic nitrogens is 4. The monoisotopic (exact) mass is 449 g/mol. The van der Waals surface area contributed by atoms with E-state index in [0.29, 0.717) is 18.2 Å². The molecule has 0 bridgehead atoms. The van der Waals surface area contributed by atoms with Crippen LogP contribution in [0.25, 0.3) is 11.2 Å². The van der Waals surface area contributed by atoms with Gasteiger partial charge in [-0.1, -0.05) is 24.1 Å². The maximum absolute atomic E-state index is 13.5. The second kappa shape index (κ2) is 9.34. The predicted octanol–water partition coefficient (Wildman–Crippen LogP) is 0.486. The number of nitrogens with one attached hydrogen (secondary N) is 1. The summed E-state index contributed by atoms with van der Waals surface area (Å²) in [5.74, 6) is 5.92. The highest BCUT2D eigenvalue weighted by Crippen LogP contribution is 2.22. The van der Waals surface area contributed by atoms with Gasteiger partial charge in [0.15, 0.2) is 11.2 Å². The third kappa shape index (κ3) is 4.40. The SMILES string of the molecule is CC#CCn1c(N2CCCC(N)C2)nc2c1c(=O)n(CC(=O)Nc1ccccc1)c(=O)n2C. The first kappa shape index (κ1) is 22.4. The number of rotatable bonds is 5. The topological polar surface area (TPSA) is 120 Å². The summed E-state index contributed by atoms with van der Waals surface area (Å²) in [6.07, 6.45) is 1.83. The molecule has 4 rings (SSSR count). The summed E-state index contributed by atoms with van der Waals surface area (Å²) in [7, 11) is 1.55. The van der Waals surface area contributed by atoms with Gasteiger partial charge in [-0.15, -0.1) is 5.92 Å². The fourth-order valence-corrected chi connectivity index (χ4v) is 4.11. The van der Waals surface area contributed by atoms with Crippen LogP contribution in [0.2, 0.25) is 0 Å². The molecular formula is C23H27N7O3. The summed E-state index contributed by atoms with van der Waals surface area (Å²) in [5.41, 5.74) is 6.06. The molecule has 1 unspecified atom stereocenters. The number of carbonyl (C=O) groups is 1. The number of aryl methyl sites for hydroxylation is 1. The van der Waals surface area contributed by atoms with Gasteiger partial charge in [0.25, 0.3) is 5.56 Å². The summed E-state index contributed by atoms with van der Waals surface area (Å²) in [6.45, 7) is 2.89. The summed E-state index contributed by atoms with van der Waals surface area (Å²) < 4.78 is 3.96. The van der Waals surface area contributed by atoms with Crippen molar-refractivity contribution < 1.29 is 4.79 Å². The molecule has 0 radical (unpaired) electrons. The van der Waals surface area contributed by atoms with Gasteiger partial charge in [-0.25, -0.2) is 9.36 Å². The average Bonchev–Trinajstić information content (AvgIpc) is 3.19. The van der Waals surface area contributed by atoms with Gasteiger partial charge in [-0.05, 0) is 31.9 Å². The first-order valence-corrected chi connectivity index (χ1v) is 10.9. The standard InChI is InChI=1S/C23H27N7O3/c1-3-4-13-29-19-20(26-22(29)28-12-8-9-16(24)14-28)27(2)23(33)30(21(19)32)15-18(31)25-17-10-6-5-7-11-17/h5-7,10-11,16H,8-9,12-15,24H2,1-2H3,(H,25,31). The number of fused-ring (bicyclic) bond motifs is 1. The Morgan fingerprint density at radius 3 is 2.70 bits per heavy atom. The smallest absolute Gasteiger partial charge is 0.332 e. The molecule has 33 heavy (non-hydrogen) atoms. The Kier molecular flexibility index (Phi) is 6.33. The first-order valence-electron chi connectivity index (χ1n) is 10.9. The Balaban J connectivity index is 1.81. The van der Waals surface area contributed by atoms with Crippen molar-refractivity contribution in [1.29, 1.82) is 0 Å². The summed E-state index contributed by atoms with van der Waals surface area (Å²) in [6, 6.07) is 8.87. The van der Waals surface area contributed by atoms with Crippen molar-refractivity contribution >= 4 is 28.7 Å². The molecular weight excluding hydrogens is 422 g/mol. The van der Waals surface area contributed by atoms with Crippen molar-refractivity contribution in [2.45, 2.75) is 38.9 Å². The number of hydrogen-bond acceptors (Lipinski definition) is 6. The third-order valence-electron chi connectivity index (χ3n) is 5.73. The maximum Gasteiger partial charge on any atom is 0.332 e. The highest BCUT2D eigenvalue weighted by atomic mass is 16.2. The average molecular weight is 450 g/mol. The van der Waals surface area contributed by atoms with Gasteiger partial charge in [0.2, 0.25) is 11.9 Å². The van der Waals surface area contributed by atoms with Crippen molar-refractivity contribution in [1.82, 2.24) is 18.7 Å². The molecule has 1 atom stereocenters. The van der Waals surface area contributed by atoms with Crippen LogP contribution < -0.4 is 27.2 Å². The molecule has 3 N–H and O–H groups in total. The Morgan fingerprint density at radius 1 is 1.24 bits per heavy atom. The van der Waals surface area contributed by atoms with Crippen LogP contribution in [0.3, 0.4) is 0 Å². The minimum absolute atomic E-state index is 0.00595. The highest BCUT2D eigenvalue weighted by molar-refractivity contribution is 5.90. The molecule has 0 saturated carbocycles. The van der Waals surface area contributed by atoms with E-state index >= 15 is 0 Å². The van der Waals surface area contributed by atoms with Gasteiger partial charge in [-0.3, -0.25) is 18.7 Å². The number of hydrogen-bond donors (Lipinski definition) is 2. The number of piperidine rings is 1.